The third-order valence-corrected chi connectivity index (χ3v) is 6.06. The van der Waals surface area contributed by atoms with E-state index >= 15 is 0 Å². The number of epoxide rings is 1. The number of β-amino-alcohol motifs (C(OH)–C–C–N with tert-alkyl or cyclic N) is 1. The molecule has 12 heteroatoms. The molecule has 0 aliphatic carbocycles. The number of alkyl halides is 3. The van der Waals surface area contributed by atoms with Crippen LogP contribution in [0.15, 0.2) is 48.5 Å². The van der Waals surface area contributed by atoms with Gasteiger partial charge >= 0.3 is 12.2 Å². The van der Waals surface area contributed by atoms with E-state index in [4.69, 9.17) is 21.1 Å². The van der Waals surface area contributed by atoms with Gasteiger partial charge in [-0.25, -0.2) is 0 Å². The summed E-state index contributed by atoms with van der Waals surface area (Å²) in [6, 6.07) is 11.2. The first-order chi connectivity index (χ1) is 16.7. The third kappa shape index (κ3) is 4.42. The summed E-state index contributed by atoms with van der Waals surface area (Å²) >= 11 is 6.00. The van der Waals surface area contributed by atoms with Gasteiger partial charge in [-0.05, 0) is 35.9 Å². The zero-order valence-electron chi connectivity index (χ0n) is 18.4. The number of ether oxygens (including phenoxy) is 2. The van der Waals surface area contributed by atoms with E-state index in [1.165, 1.54) is 21.6 Å². The number of amides is 1. The normalized spacial score (nSPS) is 19.3. The van der Waals surface area contributed by atoms with Crippen LogP contribution < -0.4 is 9.64 Å². The molecule has 3 aromatic rings. The molecule has 2 aliphatic heterocycles. The first-order valence-electron chi connectivity index (χ1n) is 10.7. The molecule has 0 saturated carbocycles. The van der Waals surface area contributed by atoms with Crippen LogP contribution >= 0.6 is 11.6 Å². The van der Waals surface area contributed by atoms with Crippen LogP contribution in [0.4, 0.5) is 19.0 Å². The van der Waals surface area contributed by atoms with Crippen LogP contribution in [0.25, 0.3) is 0 Å². The van der Waals surface area contributed by atoms with E-state index in [0.717, 1.165) is 17.7 Å². The van der Waals surface area contributed by atoms with Gasteiger partial charge in [0.1, 0.15) is 5.75 Å². The number of carbonyl (C=O) groups is 1. The minimum atomic E-state index is -4.55. The predicted octanol–water partition coefficient (Wildman–Crippen LogP) is 3.96. The molecule has 8 nitrogen and oxygen atoms in total. The molecule has 0 spiro atoms. The number of fused-ring (bicyclic) bond motifs is 2. The fourth-order valence-electron chi connectivity index (χ4n) is 4.02. The molecule has 1 fully saturated rings. The average Bonchev–Trinajstić information content (AvgIpc) is 3.55. The molecular weight excluding hydrogens is 489 g/mol. The highest BCUT2D eigenvalue weighted by atomic mass is 35.5. The highest BCUT2D eigenvalue weighted by molar-refractivity contribution is 6.30. The van der Waals surface area contributed by atoms with E-state index in [1.54, 1.807) is 36.2 Å². The van der Waals surface area contributed by atoms with E-state index in [2.05, 4.69) is 4.98 Å². The SMILES string of the molecule is CN1C(=O)c2c(nc(Oc3cccc(C(F)(F)F)c3)n2Cc2ccc(Cl)cc2)N(CCO)C2OC21. The number of benzene rings is 2. The number of likely N-dealkylation sites (N-methyl/N-ethyl adjacent to an activating group) is 1. The first-order valence-corrected chi connectivity index (χ1v) is 11.1. The van der Waals surface area contributed by atoms with Gasteiger partial charge in [-0.3, -0.25) is 9.36 Å². The average molecular weight is 509 g/mol. The fraction of sp³-hybridized carbons (Fsp3) is 0.304. The number of rotatable bonds is 6. The van der Waals surface area contributed by atoms with Gasteiger partial charge in [-0.1, -0.05) is 29.8 Å². The van der Waals surface area contributed by atoms with Crippen molar-refractivity contribution in [1.82, 2.24) is 14.5 Å². The van der Waals surface area contributed by atoms with Crippen LogP contribution in [0, 0.1) is 0 Å². The second-order valence-corrected chi connectivity index (χ2v) is 8.59. The van der Waals surface area contributed by atoms with Gasteiger partial charge in [0.25, 0.3) is 5.91 Å². The lowest BCUT2D eigenvalue weighted by Gasteiger charge is -2.18. The maximum atomic E-state index is 13.4. The maximum absolute atomic E-state index is 13.4. The summed E-state index contributed by atoms with van der Waals surface area (Å²) in [7, 11) is 1.59. The molecule has 2 aromatic carbocycles. The lowest BCUT2D eigenvalue weighted by Crippen LogP contribution is -2.33. The van der Waals surface area contributed by atoms with Crippen LogP contribution in [0.3, 0.4) is 0 Å². The number of carbonyl (C=O) groups excluding carboxylic acids is 1. The summed E-state index contributed by atoms with van der Waals surface area (Å²) in [6.45, 7) is 0.0462. The highest BCUT2D eigenvalue weighted by Gasteiger charge is 2.53. The number of hydrogen-bond acceptors (Lipinski definition) is 6. The molecule has 1 aromatic heterocycles. The van der Waals surface area contributed by atoms with Crippen LogP contribution in [-0.4, -0.2) is 58.1 Å². The Morgan fingerprint density at radius 1 is 1.17 bits per heavy atom. The highest BCUT2D eigenvalue weighted by Crippen LogP contribution is 2.41. The topological polar surface area (TPSA) is 83.4 Å². The molecule has 1 N–H and O–H groups in total. The van der Waals surface area contributed by atoms with E-state index in [0.29, 0.717) is 5.02 Å². The largest absolute Gasteiger partial charge is 0.425 e. The van der Waals surface area contributed by atoms with Gasteiger partial charge < -0.3 is 24.4 Å². The van der Waals surface area contributed by atoms with Crippen molar-refractivity contribution in [2.24, 2.45) is 0 Å². The summed E-state index contributed by atoms with van der Waals surface area (Å²) in [6.07, 6.45) is -5.55. The summed E-state index contributed by atoms with van der Waals surface area (Å²) in [5, 5.41) is 10.1. The van der Waals surface area contributed by atoms with E-state index < -0.39 is 30.1 Å². The number of hydrogen-bond donors (Lipinski definition) is 1. The molecule has 5 rings (SSSR count). The molecule has 3 heterocycles. The van der Waals surface area contributed by atoms with Crippen molar-refractivity contribution in [3.05, 3.63) is 70.4 Å². The Morgan fingerprint density at radius 2 is 1.91 bits per heavy atom. The van der Waals surface area contributed by atoms with Crippen LogP contribution in [-0.2, 0) is 17.5 Å². The smallest absolute Gasteiger partial charge is 0.416 e. The summed E-state index contributed by atoms with van der Waals surface area (Å²) in [4.78, 5) is 21.0. The van der Waals surface area contributed by atoms with E-state index in [1.807, 2.05) is 0 Å². The second kappa shape index (κ2) is 8.74. The zero-order valence-corrected chi connectivity index (χ0v) is 19.1. The number of nitrogens with zero attached hydrogens (tertiary/aromatic N) is 4. The molecule has 2 unspecified atom stereocenters. The van der Waals surface area contributed by atoms with Crippen LogP contribution in [0.1, 0.15) is 21.6 Å². The molecular formula is C23H20ClF3N4O4. The lowest BCUT2D eigenvalue weighted by atomic mass is 10.2. The van der Waals surface area contributed by atoms with Crippen molar-refractivity contribution in [2.45, 2.75) is 25.2 Å². The summed E-state index contributed by atoms with van der Waals surface area (Å²) < 4.78 is 52.6. The molecule has 1 amide bonds. The van der Waals surface area contributed by atoms with Crippen molar-refractivity contribution in [2.75, 3.05) is 25.1 Å². The van der Waals surface area contributed by atoms with Crippen LogP contribution in [0.2, 0.25) is 5.02 Å². The lowest BCUT2D eigenvalue weighted by molar-refractivity contribution is -0.137. The standard InChI is InChI=1S/C23H20ClF3N4O4/c1-29-19(33)17-18(30(9-10-32)21-20(29)35-21)28-22(31(17)12-13-5-7-15(24)8-6-13)34-16-4-2-3-14(11-16)23(25,26)27/h2-8,11,20-21,32H,9-10,12H2,1H3. The van der Waals surface area contributed by atoms with Gasteiger partial charge in [0.05, 0.1) is 18.7 Å². The van der Waals surface area contributed by atoms with E-state index in [9.17, 15) is 23.1 Å². The number of imidazole rings is 1. The minimum absolute atomic E-state index is 0.0759. The first kappa shape index (κ1) is 23.5. The van der Waals surface area contributed by atoms with Crippen molar-refractivity contribution < 1.29 is 32.5 Å². The molecule has 0 radical (unpaired) electrons. The third-order valence-electron chi connectivity index (χ3n) is 5.81. The molecule has 2 atom stereocenters. The summed E-state index contributed by atoms with van der Waals surface area (Å²) in [5.41, 5.74) is 0.0614. The van der Waals surface area contributed by atoms with Crippen molar-refractivity contribution >= 4 is 23.3 Å². The molecule has 0 bridgehead atoms. The number of anilines is 1. The molecule has 35 heavy (non-hydrogen) atoms. The molecule has 2 aliphatic rings. The Bertz CT molecular complexity index is 1260. The number of aliphatic hydroxyl groups is 1. The number of aromatic nitrogens is 2. The Kier molecular flexibility index (Phi) is 5.86. The Labute approximate surface area is 203 Å². The van der Waals surface area contributed by atoms with Gasteiger partial charge in [0.2, 0.25) is 0 Å². The van der Waals surface area contributed by atoms with Gasteiger partial charge in [-0.15, -0.1) is 0 Å². The maximum Gasteiger partial charge on any atom is 0.416 e. The Hall–Kier alpha value is -3.28. The quantitative estimate of drug-likeness (QED) is 0.507. The second-order valence-electron chi connectivity index (χ2n) is 8.16. The number of halogens is 4. The fourth-order valence-corrected chi connectivity index (χ4v) is 4.15. The van der Waals surface area contributed by atoms with Gasteiger partial charge in [0, 0.05) is 18.6 Å². The molecule has 184 valence electrons. The number of aliphatic hydroxyl groups excluding tert-OH is 1. The van der Waals surface area contributed by atoms with Gasteiger partial charge in [-0.2, -0.15) is 18.2 Å². The van der Waals surface area contributed by atoms with Crippen molar-refractivity contribution in [3.8, 4) is 11.8 Å². The van der Waals surface area contributed by atoms with Gasteiger partial charge in [0.15, 0.2) is 24.0 Å². The van der Waals surface area contributed by atoms with Crippen molar-refractivity contribution in [3.63, 3.8) is 0 Å². The Balaban J connectivity index is 1.62. The zero-order chi connectivity index (χ0) is 24.9. The Morgan fingerprint density at radius 3 is 2.60 bits per heavy atom. The minimum Gasteiger partial charge on any atom is -0.425 e. The summed E-state index contributed by atoms with van der Waals surface area (Å²) in [5.74, 6) is -0.266. The molecule has 1 saturated heterocycles. The monoisotopic (exact) mass is 508 g/mol. The van der Waals surface area contributed by atoms with Crippen LogP contribution in [0.5, 0.6) is 11.8 Å². The predicted molar refractivity (Wildman–Crippen MR) is 119 cm³/mol. The van der Waals surface area contributed by atoms with E-state index in [-0.39, 0.29) is 43.0 Å². The van der Waals surface area contributed by atoms with Crippen molar-refractivity contribution in [1.29, 1.82) is 0 Å².